The molecule has 0 radical (unpaired) electrons. The fourth-order valence-electron chi connectivity index (χ4n) is 3.25. The lowest BCUT2D eigenvalue weighted by Crippen LogP contribution is -2.44. The van der Waals surface area contributed by atoms with E-state index in [1.54, 1.807) is 60.7 Å². The topological polar surface area (TPSA) is 99.1 Å². The van der Waals surface area contributed by atoms with Crippen LogP contribution in [0.5, 0.6) is 0 Å². The summed E-state index contributed by atoms with van der Waals surface area (Å²) >= 11 is 0. The summed E-state index contributed by atoms with van der Waals surface area (Å²) in [5.41, 5.74) is 0.953. The minimum atomic E-state index is -1.03. The molecular weight excluding hydrogens is 388 g/mol. The maximum Gasteiger partial charge on any atom is 0.338 e. The monoisotopic (exact) mass is 410 g/mol. The molecule has 1 aliphatic rings. The minimum Gasteiger partial charge on any atom is -0.466 e. The largest absolute Gasteiger partial charge is 0.466 e. The van der Waals surface area contributed by atoms with Crippen molar-refractivity contribution in [3.8, 4) is 0 Å². The van der Waals surface area contributed by atoms with Crippen LogP contribution in [0.15, 0.2) is 72.3 Å². The zero-order valence-electron chi connectivity index (χ0n) is 16.4. The summed E-state index contributed by atoms with van der Waals surface area (Å²) in [6.45, 7) is 0. The molecule has 1 aliphatic carbocycles. The molecule has 0 heterocycles. The van der Waals surface area contributed by atoms with E-state index in [0.29, 0.717) is 16.7 Å². The second-order valence-electron chi connectivity index (χ2n) is 6.84. The summed E-state index contributed by atoms with van der Waals surface area (Å²) in [5, 5.41) is 10.3. The molecule has 3 rings (SSSR count). The lowest BCUT2D eigenvalue weighted by Gasteiger charge is -2.35. The van der Waals surface area contributed by atoms with Gasteiger partial charge in [0.05, 0.1) is 24.3 Å². The molecular formula is C23H22O7. The van der Waals surface area contributed by atoms with Crippen LogP contribution in [-0.4, -0.2) is 48.4 Å². The molecule has 7 nitrogen and oxygen atoms in total. The molecule has 2 aromatic carbocycles. The van der Waals surface area contributed by atoms with Gasteiger partial charge in [-0.25, -0.2) is 14.4 Å². The fraction of sp³-hybridized carbons (Fsp3) is 0.261. The first kappa shape index (κ1) is 21.3. The van der Waals surface area contributed by atoms with E-state index in [4.69, 9.17) is 9.47 Å². The van der Waals surface area contributed by atoms with Crippen molar-refractivity contribution in [1.82, 2.24) is 0 Å². The molecule has 1 saturated carbocycles. The SMILES string of the molecule is COC(=O)/C=C1\C[C@H](O)C[C@@H](OC(=O)c2ccccc2)[C@@H]1OC(=O)c1ccccc1. The predicted octanol–water partition coefficient (Wildman–Crippen LogP) is 2.69. The van der Waals surface area contributed by atoms with E-state index in [0.717, 1.165) is 6.08 Å². The van der Waals surface area contributed by atoms with Crippen LogP contribution in [0.1, 0.15) is 33.6 Å². The number of rotatable bonds is 5. The van der Waals surface area contributed by atoms with Gasteiger partial charge < -0.3 is 19.3 Å². The molecule has 1 fully saturated rings. The molecule has 0 aliphatic heterocycles. The molecule has 30 heavy (non-hydrogen) atoms. The van der Waals surface area contributed by atoms with Crippen LogP contribution in [0.2, 0.25) is 0 Å². The van der Waals surface area contributed by atoms with Crippen LogP contribution < -0.4 is 0 Å². The summed E-state index contributed by atoms with van der Waals surface area (Å²) in [5.74, 6) is -1.91. The number of methoxy groups -OCH3 is 1. The highest BCUT2D eigenvalue weighted by atomic mass is 16.6. The summed E-state index contributed by atoms with van der Waals surface area (Å²) < 4.78 is 15.9. The first-order chi connectivity index (χ1) is 14.5. The van der Waals surface area contributed by atoms with Gasteiger partial charge >= 0.3 is 17.9 Å². The average Bonchev–Trinajstić information content (AvgIpc) is 2.76. The Bertz CT molecular complexity index is 921. The third-order valence-corrected chi connectivity index (χ3v) is 4.69. The predicted molar refractivity (Wildman–Crippen MR) is 107 cm³/mol. The summed E-state index contributed by atoms with van der Waals surface area (Å²) in [6, 6.07) is 16.7. The van der Waals surface area contributed by atoms with Gasteiger partial charge in [0.15, 0.2) is 6.10 Å². The number of hydrogen-bond donors (Lipinski definition) is 1. The molecule has 0 aromatic heterocycles. The number of hydrogen-bond acceptors (Lipinski definition) is 7. The van der Waals surface area contributed by atoms with E-state index in [-0.39, 0.29) is 12.8 Å². The third kappa shape index (κ3) is 5.33. The Hall–Kier alpha value is -3.45. The molecule has 2 aromatic rings. The van der Waals surface area contributed by atoms with Crippen LogP contribution in [0.25, 0.3) is 0 Å². The first-order valence-corrected chi connectivity index (χ1v) is 9.46. The van der Waals surface area contributed by atoms with Crippen molar-refractivity contribution in [2.24, 2.45) is 0 Å². The van der Waals surface area contributed by atoms with Gasteiger partial charge in [0.2, 0.25) is 0 Å². The second kappa shape index (κ2) is 9.84. The van der Waals surface area contributed by atoms with E-state index < -0.39 is 36.2 Å². The summed E-state index contributed by atoms with van der Waals surface area (Å²) in [7, 11) is 1.22. The Balaban J connectivity index is 1.88. The van der Waals surface area contributed by atoms with Crippen molar-refractivity contribution in [2.75, 3.05) is 7.11 Å². The maximum atomic E-state index is 12.6. The average molecular weight is 410 g/mol. The van der Waals surface area contributed by atoms with Crippen molar-refractivity contribution < 1.29 is 33.7 Å². The highest BCUT2D eigenvalue weighted by Crippen LogP contribution is 2.31. The van der Waals surface area contributed by atoms with Gasteiger partial charge in [0.25, 0.3) is 0 Å². The zero-order chi connectivity index (χ0) is 21.5. The normalized spacial score (nSPS) is 22.2. The van der Waals surface area contributed by atoms with Crippen LogP contribution in [0, 0.1) is 0 Å². The van der Waals surface area contributed by atoms with Gasteiger partial charge in [-0.3, -0.25) is 0 Å². The van der Waals surface area contributed by atoms with E-state index >= 15 is 0 Å². The Morgan fingerprint density at radius 1 is 0.900 bits per heavy atom. The lowest BCUT2D eigenvalue weighted by molar-refractivity contribution is -0.135. The zero-order valence-corrected chi connectivity index (χ0v) is 16.4. The summed E-state index contributed by atoms with van der Waals surface area (Å²) in [4.78, 5) is 37.0. The van der Waals surface area contributed by atoms with Crippen molar-refractivity contribution in [3.63, 3.8) is 0 Å². The molecule has 0 bridgehead atoms. The molecule has 0 amide bonds. The van der Waals surface area contributed by atoms with E-state index in [1.165, 1.54) is 7.11 Å². The molecule has 0 spiro atoms. The quantitative estimate of drug-likeness (QED) is 0.460. The van der Waals surface area contributed by atoms with Crippen LogP contribution in [0.4, 0.5) is 0 Å². The van der Waals surface area contributed by atoms with Crippen LogP contribution in [0.3, 0.4) is 0 Å². The molecule has 0 saturated heterocycles. The van der Waals surface area contributed by atoms with E-state index in [2.05, 4.69) is 4.74 Å². The van der Waals surface area contributed by atoms with E-state index in [1.807, 2.05) is 0 Å². The fourth-order valence-corrected chi connectivity index (χ4v) is 3.25. The molecule has 7 heteroatoms. The van der Waals surface area contributed by atoms with Gasteiger partial charge in [-0.1, -0.05) is 36.4 Å². The number of aliphatic hydroxyl groups is 1. The standard InChI is InChI=1S/C23H22O7/c1-28-20(25)13-17-12-18(24)14-19(29-22(26)15-8-4-2-5-9-15)21(17)30-23(27)16-10-6-3-7-11-16/h2-11,13,18-19,21,24H,12,14H2,1H3/b17-13+/t18-,19+,21+/m0/s1. The van der Waals surface area contributed by atoms with E-state index in [9.17, 15) is 19.5 Å². The van der Waals surface area contributed by atoms with Crippen molar-refractivity contribution in [2.45, 2.75) is 31.2 Å². The highest BCUT2D eigenvalue weighted by molar-refractivity contribution is 5.91. The Kier molecular flexibility index (Phi) is 6.98. The molecule has 156 valence electrons. The lowest BCUT2D eigenvalue weighted by atomic mass is 9.87. The number of aliphatic hydroxyl groups excluding tert-OH is 1. The Labute approximate surface area is 173 Å². The van der Waals surface area contributed by atoms with Gasteiger partial charge in [-0.05, 0) is 36.3 Å². The summed E-state index contributed by atoms with van der Waals surface area (Å²) in [6.07, 6.45) is -1.57. The first-order valence-electron chi connectivity index (χ1n) is 9.46. The van der Waals surface area contributed by atoms with Crippen molar-refractivity contribution in [3.05, 3.63) is 83.4 Å². The van der Waals surface area contributed by atoms with Crippen LogP contribution >= 0.6 is 0 Å². The Morgan fingerprint density at radius 3 is 1.97 bits per heavy atom. The second-order valence-corrected chi connectivity index (χ2v) is 6.84. The number of carbonyl (C=O) groups is 3. The highest BCUT2D eigenvalue weighted by Gasteiger charge is 2.39. The number of carbonyl (C=O) groups excluding carboxylic acids is 3. The number of benzene rings is 2. The number of esters is 3. The van der Waals surface area contributed by atoms with Crippen molar-refractivity contribution >= 4 is 17.9 Å². The van der Waals surface area contributed by atoms with Crippen molar-refractivity contribution in [1.29, 1.82) is 0 Å². The Morgan fingerprint density at radius 2 is 1.43 bits per heavy atom. The maximum absolute atomic E-state index is 12.6. The minimum absolute atomic E-state index is 0.0593. The molecule has 3 atom stereocenters. The van der Waals surface area contributed by atoms with Gasteiger partial charge in [-0.15, -0.1) is 0 Å². The van der Waals surface area contributed by atoms with Gasteiger partial charge in [0, 0.05) is 12.5 Å². The number of ether oxygens (including phenoxy) is 3. The smallest absolute Gasteiger partial charge is 0.338 e. The van der Waals surface area contributed by atoms with Gasteiger partial charge in [0.1, 0.15) is 6.10 Å². The molecule has 0 unspecified atom stereocenters. The third-order valence-electron chi connectivity index (χ3n) is 4.69. The van der Waals surface area contributed by atoms with Gasteiger partial charge in [-0.2, -0.15) is 0 Å². The molecule has 1 N–H and O–H groups in total. The van der Waals surface area contributed by atoms with Crippen LogP contribution in [-0.2, 0) is 19.0 Å².